The molecule has 1 aliphatic rings. The van der Waals surface area contributed by atoms with Gasteiger partial charge in [-0.2, -0.15) is 0 Å². The Morgan fingerprint density at radius 1 is 1.19 bits per heavy atom. The molecule has 3 aromatic heterocycles. The largest absolute Gasteiger partial charge is 0.394 e. The molecule has 5 rings (SSSR count). The second-order valence-corrected chi connectivity index (χ2v) is 8.83. The molecule has 11 heteroatoms. The number of aliphatic hydroxyl groups is 1. The Hall–Kier alpha value is -3.86. The summed E-state index contributed by atoms with van der Waals surface area (Å²) >= 11 is 6.46. The molecule has 1 aromatic carbocycles. The van der Waals surface area contributed by atoms with E-state index in [9.17, 15) is 14.7 Å². The molecule has 1 amide bonds. The highest BCUT2D eigenvalue weighted by atomic mass is 35.5. The molecule has 4 heterocycles. The van der Waals surface area contributed by atoms with Crippen molar-refractivity contribution >= 4 is 45.8 Å². The molecule has 2 atom stereocenters. The van der Waals surface area contributed by atoms with Crippen LogP contribution in [-0.2, 0) is 4.74 Å². The van der Waals surface area contributed by atoms with Gasteiger partial charge in [-0.05, 0) is 43.2 Å². The van der Waals surface area contributed by atoms with Crippen LogP contribution < -0.4 is 10.6 Å². The van der Waals surface area contributed by atoms with Crippen molar-refractivity contribution in [3.63, 3.8) is 0 Å². The number of hydrogen-bond donors (Lipinski definition) is 4. The first-order valence-electron chi connectivity index (χ1n) is 11.4. The number of nitrogens with zero attached hydrogens (tertiary/aromatic N) is 3. The van der Waals surface area contributed by atoms with Crippen molar-refractivity contribution in [2.24, 2.45) is 0 Å². The molecule has 1 fully saturated rings. The summed E-state index contributed by atoms with van der Waals surface area (Å²) in [4.78, 5) is 41.7. The molecule has 1 aliphatic heterocycles. The fraction of sp³-hybridized carbons (Fsp3) is 0.240. The predicted molar refractivity (Wildman–Crippen MR) is 134 cm³/mol. The highest BCUT2D eigenvalue weighted by molar-refractivity contribution is 6.36. The van der Waals surface area contributed by atoms with Gasteiger partial charge in [0.15, 0.2) is 5.78 Å². The molecule has 0 saturated carbocycles. The van der Waals surface area contributed by atoms with Crippen LogP contribution in [-0.4, -0.2) is 62.1 Å². The number of ether oxygens (including phenoxy) is 1. The summed E-state index contributed by atoms with van der Waals surface area (Å²) in [6.45, 7) is 0.407. The molecule has 0 radical (unpaired) electrons. The van der Waals surface area contributed by atoms with E-state index >= 15 is 0 Å². The van der Waals surface area contributed by atoms with E-state index in [1.165, 1.54) is 24.7 Å². The van der Waals surface area contributed by atoms with Gasteiger partial charge in [0, 0.05) is 23.5 Å². The molecule has 4 N–H and O–H groups in total. The Bertz CT molecular complexity index is 1400. The third-order valence-corrected chi connectivity index (χ3v) is 6.34. The maximum absolute atomic E-state index is 13.5. The van der Waals surface area contributed by atoms with Crippen LogP contribution in [0.25, 0.3) is 11.0 Å². The van der Waals surface area contributed by atoms with E-state index in [2.05, 4.69) is 30.6 Å². The van der Waals surface area contributed by atoms with E-state index in [0.29, 0.717) is 40.3 Å². The number of hydrogen-bond acceptors (Lipinski definition) is 8. The average Bonchev–Trinajstić information content (AvgIpc) is 3.34. The number of aromatic nitrogens is 4. The summed E-state index contributed by atoms with van der Waals surface area (Å²) < 4.78 is 5.65. The number of H-pyrrole nitrogens is 1. The zero-order valence-electron chi connectivity index (χ0n) is 19.1. The van der Waals surface area contributed by atoms with Gasteiger partial charge in [0.2, 0.25) is 0 Å². The summed E-state index contributed by atoms with van der Waals surface area (Å²) in [5, 5.41) is 16.1. The van der Waals surface area contributed by atoms with Gasteiger partial charge < -0.3 is 25.5 Å². The van der Waals surface area contributed by atoms with Crippen LogP contribution in [0, 0.1) is 0 Å². The van der Waals surface area contributed by atoms with E-state index in [1.54, 1.807) is 30.6 Å². The Morgan fingerprint density at radius 2 is 2.08 bits per heavy atom. The SMILES string of the molecule is O=C(Nc1cccnc1)c1ccc(C(=O)c2c[nH]c3ncnc(N[C@H]4CC[C@H](CO)OC4)c23)c(Cl)c1. The number of fused-ring (bicyclic) bond motifs is 1. The van der Waals surface area contributed by atoms with E-state index < -0.39 is 0 Å². The molecular formula is C25H23ClN6O4. The lowest BCUT2D eigenvalue weighted by Crippen LogP contribution is -2.36. The minimum Gasteiger partial charge on any atom is -0.394 e. The number of carbonyl (C=O) groups is 2. The van der Waals surface area contributed by atoms with Gasteiger partial charge in [-0.25, -0.2) is 9.97 Å². The Kier molecular flexibility index (Phi) is 6.90. The normalized spacial score (nSPS) is 17.6. The van der Waals surface area contributed by atoms with Crippen molar-refractivity contribution in [3.05, 3.63) is 77.0 Å². The average molecular weight is 507 g/mol. The quantitative estimate of drug-likeness (QED) is 0.279. The summed E-state index contributed by atoms with van der Waals surface area (Å²) in [7, 11) is 0. The van der Waals surface area contributed by atoms with Crippen LogP contribution in [0.4, 0.5) is 11.5 Å². The molecule has 0 bridgehead atoms. The summed E-state index contributed by atoms with van der Waals surface area (Å²) in [5.41, 5.74) is 1.96. The number of aromatic amines is 1. The first-order valence-corrected chi connectivity index (χ1v) is 11.8. The third-order valence-electron chi connectivity index (χ3n) is 6.02. The van der Waals surface area contributed by atoms with Crippen LogP contribution in [0.1, 0.15) is 39.1 Å². The lowest BCUT2D eigenvalue weighted by molar-refractivity contribution is -0.0224. The number of anilines is 2. The standard InChI is InChI=1S/C25H23ClN6O4/c26-20-8-14(25(35)32-15-2-1-7-27-9-15)3-6-18(20)22(34)19-10-28-23-21(19)24(30-13-29-23)31-16-4-5-17(11-33)36-12-16/h1-3,6-10,13,16-17,33H,4-5,11-12H2,(H,32,35)(H2,28,29,30,31)/t16-,17+/m0/s1. The van der Waals surface area contributed by atoms with Crippen molar-refractivity contribution < 1.29 is 19.4 Å². The number of benzene rings is 1. The molecule has 184 valence electrons. The van der Waals surface area contributed by atoms with E-state index in [0.717, 1.165) is 12.8 Å². The Morgan fingerprint density at radius 3 is 2.81 bits per heavy atom. The molecular weight excluding hydrogens is 484 g/mol. The van der Waals surface area contributed by atoms with Crippen LogP contribution in [0.3, 0.4) is 0 Å². The van der Waals surface area contributed by atoms with Gasteiger partial charge in [-0.3, -0.25) is 14.6 Å². The van der Waals surface area contributed by atoms with Gasteiger partial charge >= 0.3 is 0 Å². The number of pyridine rings is 1. The van der Waals surface area contributed by atoms with Crippen LogP contribution >= 0.6 is 11.6 Å². The monoisotopic (exact) mass is 506 g/mol. The fourth-order valence-corrected chi connectivity index (χ4v) is 4.40. The second-order valence-electron chi connectivity index (χ2n) is 8.42. The van der Waals surface area contributed by atoms with Crippen LogP contribution in [0.5, 0.6) is 0 Å². The third kappa shape index (κ3) is 4.92. The minimum absolute atomic E-state index is 0.00833. The van der Waals surface area contributed by atoms with Crippen molar-refractivity contribution in [1.29, 1.82) is 0 Å². The lowest BCUT2D eigenvalue weighted by atomic mass is 10.0. The number of nitrogens with one attached hydrogen (secondary N) is 3. The zero-order chi connectivity index (χ0) is 25.1. The number of rotatable bonds is 7. The van der Waals surface area contributed by atoms with Gasteiger partial charge in [-0.1, -0.05) is 11.6 Å². The summed E-state index contributed by atoms with van der Waals surface area (Å²) in [6.07, 6.45) is 7.49. The van der Waals surface area contributed by atoms with Crippen LogP contribution in [0.15, 0.2) is 55.2 Å². The van der Waals surface area contributed by atoms with Crippen LogP contribution in [0.2, 0.25) is 5.02 Å². The molecule has 4 aromatic rings. The molecule has 0 unspecified atom stereocenters. The number of ketones is 1. The number of aliphatic hydroxyl groups excluding tert-OH is 1. The van der Waals surface area contributed by atoms with Crippen molar-refractivity contribution in [2.75, 3.05) is 23.8 Å². The number of carbonyl (C=O) groups excluding carboxylic acids is 2. The van der Waals surface area contributed by atoms with Gasteiger partial charge in [0.1, 0.15) is 17.8 Å². The highest BCUT2D eigenvalue weighted by Gasteiger charge is 2.25. The fourth-order valence-electron chi connectivity index (χ4n) is 4.13. The Labute approximate surface area is 211 Å². The summed E-state index contributed by atoms with van der Waals surface area (Å²) in [6, 6.07) is 7.95. The molecule has 10 nitrogen and oxygen atoms in total. The van der Waals surface area contributed by atoms with Gasteiger partial charge in [0.25, 0.3) is 5.91 Å². The molecule has 0 aliphatic carbocycles. The number of amides is 1. The van der Waals surface area contributed by atoms with Gasteiger partial charge in [0.05, 0.1) is 53.2 Å². The zero-order valence-corrected chi connectivity index (χ0v) is 19.8. The number of halogens is 1. The highest BCUT2D eigenvalue weighted by Crippen LogP contribution is 2.29. The smallest absolute Gasteiger partial charge is 0.255 e. The Balaban J connectivity index is 1.38. The maximum Gasteiger partial charge on any atom is 0.255 e. The van der Waals surface area contributed by atoms with Crippen molar-refractivity contribution in [3.8, 4) is 0 Å². The lowest BCUT2D eigenvalue weighted by Gasteiger charge is -2.29. The van der Waals surface area contributed by atoms with E-state index in [4.69, 9.17) is 16.3 Å². The second kappa shape index (κ2) is 10.4. The van der Waals surface area contributed by atoms with E-state index in [-0.39, 0.29) is 41.0 Å². The van der Waals surface area contributed by atoms with Crippen molar-refractivity contribution in [2.45, 2.75) is 25.0 Å². The maximum atomic E-state index is 13.5. The topological polar surface area (TPSA) is 142 Å². The van der Waals surface area contributed by atoms with Gasteiger partial charge in [-0.15, -0.1) is 0 Å². The van der Waals surface area contributed by atoms with E-state index in [1.807, 2.05) is 0 Å². The first kappa shape index (κ1) is 23.9. The van der Waals surface area contributed by atoms with Crippen molar-refractivity contribution in [1.82, 2.24) is 19.9 Å². The first-order chi connectivity index (χ1) is 17.5. The minimum atomic E-state index is -0.367. The predicted octanol–water partition coefficient (Wildman–Crippen LogP) is 3.44. The molecule has 1 saturated heterocycles. The summed E-state index contributed by atoms with van der Waals surface area (Å²) in [5.74, 6) is -0.193. The molecule has 0 spiro atoms. The molecule has 36 heavy (non-hydrogen) atoms.